The molecule has 0 fully saturated rings. The van der Waals surface area contributed by atoms with Crippen molar-refractivity contribution in [2.24, 2.45) is 5.41 Å². The lowest BCUT2D eigenvalue weighted by molar-refractivity contribution is 0.491. The molecule has 0 spiro atoms. The van der Waals surface area contributed by atoms with Crippen LogP contribution in [0.1, 0.15) is 27.2 Å². The van der Waals surface area contributed by atoms with E-state index in [1.54, 1.807) is 19.1 Å². The van der Waals surface area contributed by atoms with Crippen molar-refractivity contribution < 1.29 is 4.39 Å². The zero-order valence-electron chi connectivity index (χ0n) is 9.10. The predicted octanol–water partition coefficient (Wildman–Crippen LogP) is 4.33. The van der Waals surface area contributed by atoms with E-state index in [1.807, 2.05) is 6.08 Å². The van der Waals surface area contributed by atoms with E-state index in [9.17, 15) is 4.39 Å². The van der Waals surface area contributed by atoms with Gasteiger partial charge in [-0.25, -0.2) is 4.39 Å². The molecule has 76 valence electrons. The van der Waals surface area contributed by atoms with Crippen LogP contribution in [0.25, 0.3) is 0 Å². The Morgan fingerprint density at radius 3 is 2.64 bits per heavy atom. The van der Waals surface area contributed by atoms with Crippen LogP contribution in [0.15, 0.2) is 47.9 Å². The van der Waals surface area contributed by atoms with Crippen molar-refractivity contribution >= 4 is 0 Å². The maximum atomic E-state index is 13.7. The molecule has 0 amide bonds. The minimum Gasteiger partial charge on any atom is -0.206 e. The van der Waals surface area contributed by atoms with E-state index >= 15 is 0 Å². The summed E-state index contributed by atoms with van der Waals surface area (Å²) in [7, 11) is 0. The molecular weight excluding hydrogens is 175 g/mol. The summed E-state index contributed by atoms with van der Waals surface area (Å²) in [6.07, 6.45) is 8.03. The first-order valence-corrected chi connectivity index (χ1v) is 4.84. The highest BCUT2D eigenvalue weighted by Gasteiger charge is 2.23. The van der Waals surface area contributed by atoms with Crippen molar-refractivity contribution in [1.29, 1.82) is 0 Å². The first-order valence-electron chi connectivity index (χ1n) is 4.84. The fraction of sp³-hybridized carbons (Fsp3) is 0.385. The van der Waals surface area contributed by atoms with Crippen molar-refractivity contribution in [3.05, 3.63) is 47.9 Å². The predicted molar refractivity (Wildman–Crippen MR) is 59.6 cm³/mol. The Hall–Kier alpha value is -1.11. The second-order valence-electron chi connectivity index (χ2n) is 4.42. The van der Waals surface area contributed by atoms with Crippen LogP contribution in [0.2, 0.25) is 0 Å². The Labute approximate surface area is 85.5 Å². The fourth-order valence-electron chi connectivity index (χ4n) is 1.59. The first-order chi connectivity index (χ1) is 6.46. The maximum absolute atomic E-state index is 13.7. The van der Waals surface area contributed by atoms with Gasteiger partial charge in [-0.2, -0.15) is 0 Å². The molecule has 0 heterocycles. The summed E-state index contributed by atoms with van der Waals surface area (Å²) in [5, 5.41) is 0. The monoisotopic (exact) mass is 192 g/mol. The van der Waals surface area contributed by atoms with Gasteiger partial charge in [0.2, 0.25) is 0 Å². The number of hydrogen-bond acceptors (Lipinski definition) is 0. The van der Waals surface area contributed by atoms with Gasteiger partial charge in [0.05, 0.1) is 0 Å². The van der Waals surface area contributed by atoms with E-state index in [4.69, 9.17) is 0 Å². The van der Waals surface area contributed by atoms with Crippen LogP contribution in [-0.2, 0) is 0 Å². The van der Waals surface area contributed by atoms with E-state index in [0.29, 0.717) is 5.57 Å². The van der Waals surface area contributed by atoms with E-state index < -0.39 is 0 Å². The molecule has 1 aliphatic carbocycles. The molecule has 0 atom stereocenters. The van der Waals surface area contributed by atoms with Crippen molar-refractivity contribution in [2.75, 3.05) is 0 Å². The number of rotatable bonds is 2. The highest BCUT2D eigenvalue weighted by molar-refractivity contribution is 5.40. The molecule has 0 bridgehead atoms. The van der Waals surface area contributed by atoms with Gasteiger partial charge in [-0.3, -0.25) is 0 Å². The average molecular weight is 192 g/mol. The van der Waals surface area contributed by atoms with Crippen LogP contribution in [-0.4, -0.2) is 0 Å². The Bertz CT molecular complexity index is 327. The zero-order chi connectivity index (χ0) is 10.8. The van der Waals surface area contributed by atoms with Gasteiger partial charge in [-0.15, -0.1) is 0 Å². The Morgan fingerprint density at radius 2 is 2.21 bits per heavy atom. The summed E-state index contributed by atoms with van der Waals surface area (Å²) in [6, 6.07) is 0. The van der Waals surface area contributed by atoms with Crippen LogP contribution in [0, 0.1) is 5.41 Å². The van der Waals surface area contributed by atoms with Crippen LogP contribution >= 0.6 is 0 Å². The smallest absolute Gasteiger partial charge is 0.129 e. The lowest BCUT2D eigenvalue weighted by atomic mass is 9.91. The Kier molecular flexibility index (Phi) is 3.10. The van der Waals surface area contributed by atoms with Gasteiger partial charge >= 0.3 is 0 Å². The van der Waals surface area contributed by atoms with Gasteiger partial charge in [0, 0.05) is 0 Å². The third-order valence-electron chi connectivity index (χ3n) is 2.38. The van der Waals surface area contributed by atoms with Crippen molar-refractivity contribution in [1.82, 2.24) is 0 Å². The third kappa shape index (κ3) is 2.44. The Morgan fingerprint density at radius 1 is 1.57 bits per heavy atom. The second kappa shape index (κ2) is 3.95. The molecule has 0 saturated heterocycles. The van der Waals surface area contributed by atoms with Crippen molar-refractivity contribution in [3.63, 3.8) is 0 Å². The number of allylic oxidation sites excluding steroid dienone is 7. The average Bonchev–Trinajstić information content (AvgIpc) is 2.45. The summed E-state index contributed by atoms with van der Waals surface area (Å²) >= 11 is 0. The number of halogens is 1. The summed E-state index contributed by atoms with van der Waals surface area (Å²) in [5.74, 6) is -0.105. The van der Waals surface area contributed by atoms with Crippen LogP contribution in [0.4, 0.5) is 4.39 Å². The molecule has 0 radical (unpaired) electrons. The van der Waals surface area contributed by atoms with Crippen LogP contribution in [0.5, 0.6) is 0 Å². The van der Waals surface area contributed by atoms with Gasteiger partial charge in [0.25, 0.3) is 0 Å². The molecule has 1 rings (SSSR count). The van der Waals surface area contributed by atoms with Crippen LogP contribution in [0.3, 0.4) is 0 Å². The molecule has 0 nitrogen and oxygen atoms in total. The summed E-state index contributed by atoms with van der Waals surface area (Å²) in [4.78, 5) is 0. The quantitative estimate of drug-likeness (QED) is 0.571. The van der Waals surface area contributed by atoms with E-state index in [1.165, 1.54) is 0 Å². The fourth-order valence-corrected chi connectivity index (χ4v) is 1.59. The zero-order valence-corrected chi connectivity index (χ0v) is 9.10. The van der Waals surface area contributed by atoms with Crippen molar-refractivity contribution in [3.8, 4) is 0 Å². The minimum absolute atomic E-state index is 0.0983. The van der Waals surface area contributed by atoms with Gasteiger partial charge < -0.3 is 0 Å². The van der Waals surface area contributed by atoms with Gasteiger partial charge in [-0.1, -0.05) is 44.7 Å². The normalized spacial score (nSPS) is 23.9. The highest BCUT2D eigenvalue weighted by atomic mass is 19.1. The molecular formula is C13H17F. The minimum atomic E-state index is -0.105. The van der Waals surface area contributed by atoms with Crippen molar-refractivity contribution in [2.45, 2.75) is 27.2 Å². The lowest BCUT2D eigenvalue weighted by Crippen LogP contribution is -2.02. The van der Waals surface area contributed by atoms with Gasteiger partial charge in [0.1, 0.15) is 5.83 Å². The molecule has 0 N–H and O–H groups in total. The molecule has 0 aromatic carbocycles. The molecule has 14 heavy (non-hydrogen) atoms. The maximum Gasteiger partial charge on any atom is 0.129 e. The lowest BCUT2D eigenvalue weighted by Gasteiger charge is -2.13. The SMILES string of the molecule is C=C/C=C(C)\C(F)=C1\C=CC(C)(C)C1. The molecule has 1 heteroatoms. The summed E-state index contributed by atoms with van der Waals surface area (Å²) < 4.78 is 13.7. The van der Waals surface area contributed by atoms with Gasteiger partial charge in [0.15, 0.2) is 0 Å². The summed E-state index contributed by atoms with van der Waals surface area (Å²) in [5.41, 5.74) is 1.55. The molecule has 0 unspecified atom stereocenters. The van der Waals surface area contributed by atoms with E-state index in [-0.39, 0.29) is 11.2 Å². The molecule has 1 aliphatic rings. The van der Waals surface area contributed by atoms with Crippen LogP contribution < -0.4 is 0 Å². The third-order valence-corrected chi connectivity index (χ3v) is 2.38. The van der Waals surface area contributed by atoms with E-state index in [0.717, 1.165) is 12.0 Å². The van der Waals surface area contributed by atoms with Gasteiger partial charge in [-0.05, 0) is 29.9 Å². The second-order valence-corrected chi connectivity index (χ2v) is 4.42. The summed E-state index contributed by atoms with van der Waals surface area (Å²) in [6.45, 7) is 9.54. The topological polar surface area (TPSA) is 0 Å². The number of hydrogen-bond donors (Lipinski definition) is 0. The molecule has 0 aromatic rings. The highest BCUT2D eigenvalue weighted by Crippen LogP contribution is 2.37. The standard InChI is InChI=1S/C13H17F/c1-5-6-10(2)12(14)11-7-8-13(3,4)9-11/h5-8H,1,9H2,2-4H3/b10-6-,12-11+. The molecule has 0 aliphatic heterocycles. The Balaban J connectivity index is 2.94. The van der Waals surface area contributed by atoms with E-state index in [2.05, 4.69) is 26.5 Å². The molecule has 0 saturated carbocycles. The largest absolute Gasteiger partial charge is 0.206 e. The first kappa shape index (κ1) is 11.0. The molecule has 0 aromatic heterocycles.